The van der Waals surface area contributed by atoms with Gasteiger partial charge in [-0.15, -0.1) is 0 Å². The molecule has 0 amide bonds. The van der Waals surface area contributed by atoms with Gasteiger partial charge in [-0.2, -0.15) is 5.10 Å². The van der Waals surface area contributed by atoms with Crippen LogP contribution in [0.4, 0.5) is 0 Å². The average Bonchev–Trinajstić information content (AvgIpc) is 3.05. The van der Waals surface area contributed by atoms with Gasteiger partial charge in [0.1, 0.15) is 5.75 Å². The Morgan fingerprint density at radius 2 is 1.84 bits per heavy atom. The van der Waals surface area contributed by atoms with E-state index in [2.05, 4.69) is 15.2 Å². The molecule has 2 heterocycles. The van der Waals surface area contributed by atoms with Gasteiger partial charge in [0.05, 0.1) is 11.8 Å². The third-order valence-electron chi connectivity index (χ3n) is 4.29. The molecule has 1 atom stereocenters. The molecule has 0 fully saturated rings. The third kappa shape index (κ3) is 2.75. The predicted octanol–water partition coefficient (Wildman–Crippen LogP) is 4.05. The molecule has 0 aliphatic rings. The van der Waals surface area contributed by atoms with Crippen LogP contribution in [0, 0.1) is 0 Å². The molecule has 3 N–H and O–H groups in total. The molecule has 4 aromatic rings. The molecule has 0 spiro atoms. The van der Waals surface area contributed by atoms with E-state index in [4.69, 9.17) is 0 Å². The first-order valence-corrected chi connectivity index (χ1v) is 8.04. The van der Waals surface area contributed by atoms with Crippen molar-refractivity contribution in [1.29, 1.82) is 0 Å². The summed E-state index contributed by atoms with van der Waals surface area (Å²) in [5.74, 6) is 0.189. The Hall–Kier alpha value is -3.18. The number of aromatic amines is 1. The number of phenols is 1. The zero-order valence-corrected chi connectivity index (χ0v) is 13.6. The van der Waals surface area contributed by atoms with Gasteiger partial charge >= 0.3 is 0 Å². The van der Waals surface area contributed by atoms with Crippen molar-refractivity contribution in [3.8, 4) is 28.1 Å². The molecular weight excluding hydrogens is 314 g/mol. The summed E-state index contributed by atoms with van der Waals surface area (Å²) >= 11 is 0. The Bertz CT molecular complexity index is 1050. The SMILES string of the molecule is CC(O)c1cccc(-c2cnc3n[nH]c(-c4ccccc4O)c3c2)c1. The second-order valence-electron chi connectivity index (χ2n) is 6.01. The molecule has 0 saturated heterocycles. The van der Waals surface area contributed by atoms with E-state index in [0.29, 0.717) is 11.2 Å². The lowest BCUT2D eigenvalue weighted by Gasteiger charge is -2.08. The molecule has 124 valence electrons. The molecule has 0 aliphatic heterocycles. The summed E-state index contributed by atoms with van der Waals surface area (Å²) in [6.45, 7) is 1.74. The molecule has 0 saturated carbocycles. The number of rotatable bonds is 3. The molecule has 0 bridgehead atoms. The Balaban J connectivity index is 1.87. The second kappa shape index (κ2) is 6.03. The summed E-state index contributed by atoms with van der Waals surface area (Å²) in [6, 6.07) is 16.9. The van der Waals surface area contributed by atoms with Crippen LogP contribution in [-0.2, 0) is 0 Å². The molecule has 4 rings (SSSR count). The number of aromatic hydroxyl groups is 1. The van der Waals surface area contributed by atoms with E-state index in [1.807, 2.05) is 42.5 Å². The predicted molar refractivity (Wildman–Crippen MR) is 97.1 cm³/mol. The number of phenolic OH excluding ortho intramolecular Hbond substituents is 1. The lowest BCUT2D eigenvalue weighted by molar-refractivity contribution is 0.199. The normalized spacial score (nSPS) is 12.4. The number of para-hydroxylation sites is 1. The van der Waals surface area contributed by atoms with Crippen molar-refractivity contribution in [3.05, 3.63) is 66.4 Å². The van der Waals surface area contributed by atoms with E-state index < -0.39 is 6.10 Å². The first-order valence-electron chi connectivity index (χ1n) is 8.04. The van der Waals surface area contributed by atoms with Crippen molar-refractivity contribution in [2.24, 2.45) is 0 Å². The molecule has 1 unspecified atom stereocenters. The van der Waals surface area contributed by atoms with Gasteiger partial charge in [-0.25, -0.2) is 4.98 Å². The standard InChI is InChI=1S/C20H17N3O2/c1-12(24)13-5-4-6-14(9-13)15-10-17-19(22-23-20(17)21-11-15)16-7-2-3-8-18(16)25/h2-12,24-25H,1H3,(H,21,22,23). The topological polar surface area (TPSA) is 82.0 Å². The number of hydrogen-bond donors (Lipinski definition) is 3. The van der Waals surface area contributed by atoms with Gasteiger partial charge in [0, 0.05) is 22.7 Å². The van der Waals surface area contributed by atoms with Gasteiger partial charge < -0.3 is 10.2 Å². The van der Waals surface area contributed by atoms with Crippen LogP contribution in [0.15, 0.2) is 60.8 Å². The minimum atomic E-state index is -0.526. The fraction of sp³-hybridized carbons (Fsp3) is 0.100. The molecule has 0 radical (unpaired) electrons. The minimum Gasteiger partial charge on any atom is -0.507 e. The summed E-state index contributed by atoms with van der Waals surface area (Å²) in [4.78, 5) is 4.42. The molecule has 5 nitrogen and oxygen atoms in total. The van der Waals surface area contributed by atoms with E-state index in [0.717, 1.165) is 27.8 Å². The van der Waals surface area contributed by atoms with E-state index >= 15 is 0 Å². The first kappa shape index (κ1) is 15.4. The zero-order chi connectivity index (χ0) is 17.4. The number of nitrogens with one attached hydrogen (secondary N) is 1. The van der Waals surface area contributed by atoms with E-state index in [9.17, 15) is 10.2 Å². The van der Waals surface area contributed by atoms with Gasteiger partial charge in [-0.05, 0) is 42.3 Å². The van der Waals surface area contributed by atoms with Crippen LogP contribution in [0.5, 0.6) is 5.75 Å². The zero-order valence-electron chi connectivity index (χ0n) is 13.6. The van der Waals surface area contributed by atoms with Crippen LogP contribution in [0.3, 0.4) is 0 Å². The maximum absolute atomic E-state index is 10.1. The van der Waals surface area contributed by atoms with Gasteiger partial charge in [-0.3, -0.25) is 5.10 Å². The first-order chi connectivity index (χ1) is 12.1. The van der Waals surface area contributed by atoms with Gasteiger partial charge in [0.15, 0.2) is 5.65 Å². The highest BCUT2D eigenvalue weighted by molar-refractivity contribution is 5.94. The average molecular weight is 331 g/mol. The number of aliphatic hydroxyl groups is 1. The van der Waals surface area contributed by atoms with Crippen molar-refractivity contribution in [2.75, 3.05) is 0 Å². The van der Waals surface area contributed by atoms with E-state index in [1.54, 1.807) is 25.3 Å². The molecule has 0 aliphatic carbocycles. The molecule has 2 aromatic carbocycles. The van der Waals surface area contributed by atoms with Gasteiger partial charge in [0.25, 0.3) is 0 Å². The van der Waals surface area contributed by atoms with Crippen molar-refractivity contribution in [2.45, 2.75) is 13.0 Å². The maximum atomic E-state index is 10.1. The number of nitrogens with zero attached hydrogens (tertiary/aromatic N) is 2. The summed E-state index contributed by atoms with van der Waals surface area (Å²) in [5, 5.41) is 28.0. The highest BCUT2D eigenvalue weighted by Crippen LogP contribution is 2.34. The fourth-order valence-corrected chi connectivity index (χ4v) is 2.93. The quantitative estimate of drug-likeness (QED) is 0.529. The van der Waals surface area contributed by atoms with Crippen LogP contribution in [0.25, 0.3) is 33.4 Å². The number of benzene rings is 2. The van der Waals surface area contributed by atoms with Crippen LogP contribution in [0.1, 0.15) is 18.6 Å². The van der Waals surface area contributed by atoms with Crippen molar-refractivity contribution >= 4 is 11.0 Å². The lowest BCUT2D eigenvalue weighted by Crippen LogP contribution is -1.91. The number of fused-ring (bicyclic) bond motifs is 1. The van der Waals surface area contributed by atoms with Crippen molar-refractivity contribution in [3.63, 3.8) is 0 Å². The van der Waals surface area contributed by atoms with Crippen LogP contribution in [0.2, 0.25) is 0 Å². The van der Waals surface area contributed by atoms with Crippen LogP contribution >= 0.6 is 0 Å². The Kier molecular flexibility index (Phi) is 3.71. The molecular formula is C20H17N3O2. The van der Waals surface area contributed by atoms with E-state index in [1.165, 1.54) is 0 Å². The summed E-state index contributed by atoms with van der Waals surface area (Å²) < 4.78 is 0. The highest BCUT2D eigenvalue weighted by atomic mass is 16.3. The minimum absolute atomic E-state index is 0.189. The maximum Gasteiger partial charge on any atom is 0.181 e. The Morgan fingerprint density at radius 3 is 2.64 bits per heavy atom. The summed E-state index contributed by atoms with van der Waals surface area (Å²) in [7, 11) is 0. The number of aromatic nitrogens is 3. The number of H-pyrrole nitrogens is 1. The smallest absolute Gasteiger partial charge is 0.181 e. The number of hydrogen-bond acceptors (Lipinski definition) is 4. The monoisotopic (exact) mass is 331 g/mol. The largest absolute Gasteiger partial charge is 0.507 e. The van der Waals surface area contributed by atoms with Gasteiger partial charge in [-0.1, -0.05) is 30.3 Å². The number of aliphatic hydroxyl groups excluding tert-OH is 1. The van der Waals surface area contributed by atoms with Crippen molar-refractivity contribution < 1.29 is 10.2 Å². The summed E-state index contributed by atoms with van der Waals surface area (Å²) in [5.41, 5.74) is 4.75. The highest BCUT2D eigenvalue weighted by Gasteiger charge is 2.13. The Morgan fingerprint density at radius 1 is 1.00 bits per heavy atom. The Labute approximate surface area is 144 Å². The fourth-order valence-electron chi connectivity index (χ4n) is 2.93. The second-order valence-corrected chi connectivity index (χ2v) is 6.01. The third-order valence-corrected chi connectivity index (χ3v) is 4.29. The van der Waals surface area contributed by atoms with E-state index in [-0.39, 0.29) is 5.75 Å². The van der Waals surface area contributed by atoms with Crippen molar-refractivity contribution in [1.82, 2.24) is 15.2 Å². The van der Waals surface area contributed by atoms with Crippen LogP contribution < -0.4 is 0 Å². The molecule has 5 heteroatoms. The lowest BCUT2D eigenvalue weighted by atomic mass is 10.0. The number of pyridine rings is 1. The summed E-state index contributed by atoms with van der Waals surface area (Å²) in [6.07, 6.45) is 1.24. The van der Waals surface area contributed by atoms with Crippen LogP contribution in [-0.4, -0.2) is 25.4 Å². The molecule has 2 aromatic heterocycles. The van der Waals surface area contributed by atoms with Gasteiger partial charge in [0.2, 0.25) is 0 Å². The molecule has 25 heavy (non-hydrogen) atoms.